The number of alkyl carbamates (subject to hydrolysis) is 1. The molecule has 1 unspecified atom stereocenters. The second-order valence-corrected chi connectivity index (χ2v) is 15.3. The molecule has 2 heterocycles. The van der Waals surface area contributed by atoms with Gasteiger partial charge < -0.3 is 14.8 Å². The molecule has 0 radical (unpaired) electrons. The number of carbonyl (C=O) groups is 1. The highest BCUT2D eigenvalue weighted by atomic mass is 32.2. The Morgan fingerprint density at radius 2 is 1.75 bits per heavy atom. The Kier molecular flexibility index (Phi) is 8.94. The molecule has 2 N–H and O–H groups in total. The Morgan fingerprint density at radius 3 is 2.41 bits per heavy atom. The molecular weight excluding hydrogens is 576 g/mol. The van der Waals surface area contributed by atoms with Crippen molar-refractivity contribution in [3.63, 3.8) is 0 Å². The molecule has 9 nitrogen and oxygen atoms in total. The monoisotopic (exact) mass is 620 g/mol. The maximum absolute atomic E-state index is 13.7. The van der Waals surface area contributed by atoms with Gasteiger partial charge >= 0.3 is 6.09 Å². The van der Waals surface area contributed by atoms with Crippen LogP contribution in [0.5, 0.6) is 5.88 Å². The fourth-order valence-corrected chi connectivity index (χ4v) is 7.55. The Labute approximate surface area is 261 Å². The molecule has 2 aromatic carbocycles. The largest absolute Gasteiger partial charge is 0.477 e. The van der Waals surface area contributed by atoms with Gasteiger partial charge in [-0.2, -0.15) is 4.98 Å². The number of benzene rings is 2. The van der Waals surface area contributed by atoms with Crippen LogP contribution in [0.25, 0.3) is 11.3 Å². The zero-order valence-electron chi connectivity index (χ0n) is 26.7. The highest BCUT2D eigenvalue weighted by Gasteiger charge is 2.41. The smallest absolute Gasteiger partial charge is 0.407 e. The van der Waals surface area contributed by atoms with Crippen LogP contribution in [0.4, 0.5) is 10.7 Å². The molecule has 1 saturated carbocycles. The Morgan fingerprint density at radius 1 is 1.07 bits per heavy atom. The van der Waals surface area contributed by atoms with Gasteiger partial charge in [0.05, 0.1) is 17.2 Å². The van der Waals surface area contributed by atoms with Crippen LogP contribution in [0.1, 0.15) is 76.5 Å². The summed E-state index contributed by atoms with van der Waals surface area (Å²) < 4.78 is 41.9. The summed E-state index contributed by atoms with van der Waals surface area (Å²) >= 11 is 0. The fourth-order valence-electron chi connectivity index (χ4n) is 6.55. The van der Waals surface area contributed by atoms with Crippen molar-refractivity contribution in [3.05, 3.63) is 65.2 Å². The Bertz CT molecular complexity index is 1610. The van der Waals surface area contributed by atoms with E-state index in [9.17, 15) is 13.2 Å². The predicted molar refractivity (Wildman–Crippen MR) is 171 cm³/mol. The summed E-state index contributed by atoms with van der Waals surface area (Å²) in [5, 5.41) is 3.01. The van der Waals surface area contributed by atoms with Gasteiger partial charge in [0.1, 0.15) is 5.60 Å². The van der Waals surface area contributed by atoms with Crippen molar-refractivity contribution in [1.82, 2.24) is 15.3 Å². The molecule has 1 aliphatic heterocycles. The van der Waals surface area contributed by atoms with Crippen molar-refractivity contribution >= 4 is 22.1 Å². The molecule has 2 atom stereocenters. The van der Waals surface area contributed by atoms with Crippen LogP contribution in [0, 0.1) is 31.6 Å². The SMILES string of the molecule is Cc1cccc(C)c1-c1cc2nc(n1)NS(=O)(=O)c1cccc(c1)C([C@H]1C[C@@H](NC(=O)OC(C)(C)C)C1)[C@H](CC(C)C)CO2. The summed E-state index contributed by atoms with van der Waals surface area (Å²) in [6, 6.07) is 15.0. The van der Waals surface area contributed by atoms with Crippen molar-refractivity contribution < 1.29 is 22.7 Å². The summed E-state index contributed by atoms with van der Waals surface area (Å²) in [5.41, 5.74) is 3.94. The van der Waals surface area contributed by atoms with E-state index in [2.05, 4.69) is 33.9 Å². The van der Waals surface area contributed by atoms with Gasteiger partial charge in [-0.25, -0.2) is 22.9 Å². The molecule has 10 heteroatoms. The molecule has 1 amide bonds. The molecule has 236 valence electrons. The lowest BCUT2D eigenvalue weighted by Gasteiger charge is -2.44. The Hall–Kier alpha value is -3.66. The molecule has 2 aliphatic rings. The van der Waals surface area contributed by atoms with Crippen LogP contribution in [0.15, 0.2) is 53.4 Å². The minimum atomic E-state index is -3.99. The lowest BCUT2D eigenvalue weighted by Crippen LogP contribution is -2.48. The van der Waals surface area contributed by atoms with Crippen LogP contribution in [-0.4, -0.2) is 42.7 Å². The number of hydrogen-bond donors (Lipinski definition) is 2. The zero-order valence-corrected chi connectivity index (χ0v) is 27.5. The topological polar surface area (TPSA) is 120 Å². The van der Waals surface area contributed by atoms with Gasteiger partial charge in [0.15, 0.2) is 0 Å². The molecule has 0 spiro atoms. The van der Waals surface area contributed by atoms with E-state index in [0.717, 1.165) is 41.5 Å². The quantitative estimate of drug-likeness (QED) is 0.315. The molecule has 1 aromatic heterocycles. The van der Waals surface area contributed by atoms with Gasteiger partial charge in [-0.3, -0.25) is 0 Å². The molecule has 1 fully saturated rings. The molecule has 4 bridgehead atoms. The van der Waals surface area contributed by atoms with Gasteiger partial charge in [0.25, 0.3) is 10.0 Å². The number of sulfonamides is 1. The summed E-state index contributed by atoms with van der Waals surface area (Å²) in [5.74, 6) is 0.998. The minimum absolute atomic E-state index is 0.00485. The maximum atomic E-state index is 13.7. The standard InChI is InChI=1S/C34H44N4O5S/c1-20(2)14-25-19-42-29-18-28(30-21(3)10-8-11-22(30)4)36-32(37-29)38-44(40,41)27-13-9-12-23(17-27)31(25)24-15-26(16-24)35-33(39)43-34(5,6)7/h8-13,17-18,20,24-26,31H,14-16,19H2,1-7H3,(H,35,39)(H,36,37,38)/t24-,25-,26+,31?/m1/s1. The highest BCUT2D eigenvalue weighted by molar-refractivity contribution is 7.92. The number of anilines is 1. The summed E-state index contributed by atoms with van der Waals surface area (Å²) in [6.45, 7) is 14.3. The van der Waals surface area contributed by atoms with Crippen LogP contribution in [0.3, 0.4) is 0 Å². The summed E-state index contributed by atoms with van der Waals surface area (Å²) in [6.07, 6.45) is 1.99. The van der Waals surface area contributed by atoms with E-state index in [-0.39, 0.29) is 34.6 Å². The van der Waals surface area contributed by atoms with E-state index in [1.807, 2.05) is 58.9 Å². The van der Waals surface area contributed by atoms with Gasteiger partial charge in [-0.15, -0.1) is 0 Å². The lowest BCUT2D eigenvalue weighted by molar-refractivity contribution is 0.0413. The number of carbonyl (C=O) groups excluding carboxylic acids is 1. The number of aryl methyl sites for hydroxylation is 2. The number of fused-ring (bicyclic) bond motifs is 4. The normalized spacial score (nSPS) is 22.8. The molecular formula is C34H44N4O5S. The minimum Gasteiger partial charge on any atom is -0.477 e. The van der Waals surface area contributed by atoms with Crippen LogP contribution in [-0.2, 0) is 14.8 Å². The van der Waals surface area contributed by atoms with E-state index in [4.69, 9.17) is 9.47 Å². The number of rotatable bonds is 5. The summed E-state index contributed by atoms with van der Waals surface area (Å²) in [7, 11) is -3.99. The average molecular weight is 621 g/mol. The third kappa shape index (κ3) is 7.34. The van der Waals surface area contributed by atoms with Crippen molar-refractivity contribution in [2.75, 3.05) is 11.3 Å². The predicted octanol–water partition coefficient (Wildman–Crippen LogP) is 7.00. The molecule has 3 aromatic rings. The van der Waals surface area contributed by atoms with Crippen molar-refractivity contribution in [3.8, 4) is 17.1 Å². The maximum Gasteiger partial charge on any atom is 0.407 e. The van der Waals surface area contributed by atoms with E-state index >= 15 is 0 Å². The van der Waals surface area contributed by atoms with Crippen LogP contribution in [0.2, 0.25) is 0 Å². The second kappa shape index (κ2) is 12.4. The number of nitrogens with one attached hydrogen (secondary N) is 2. The number of ether oxygens (including phenoxy) is 2. The van der Waals surface area contributed by atoms with Crippen molar-refractivity contribution in [1.29, 1.82) is 0 Å². The van der Waals surface area contributed by atoms with Gasteiger partial charge in [0, 0.05) is 23.6 Å². The lowest BCUT2D eigenvalue weighted by atomic mass is 9.64. The first kappa shape index (κ1) is 31.8. The van der Waals surface area contributed by atoms with Crippen molar-refractivity contribution in [2.24, 2.45) is 17.8 Å². The molecule has 0 saturated heterocycles. The number of amides is 1. The highest BCUT2D eigenvalue weighted by Crippen LogP contribution is 2.46. The van der Waals surface area contributed by atoms with Crippen LogP contribution >= 0.6 is 0 Å². The Balaban J connectivity index is 1.52. The van der Waals surface area contributed by atoms with E-state index in [1.54, 1.807) is 24.3 Å². The average Bonchev–Trinajstić information content (AvgIpc) is 2.88. The van der Waals surface area contributed by atoms with E-state index < -0.39 is 21.7 Å². The van der Waals surface area contributed by atoms with Crippen molar-refractivity contribution in [2.45, 2.75) is 90.2 Å². The van der Waals surface area contributed by atoms with Gasteiger partial charge in [-0.05, 0) is 100 Å². The first-order valence-corrected chi connectivity index (χ1v) is 16.9. The van der Waals surface area contributed by atoms with Gasteiger partial charge in [0.2, 0.25) is 11.8 Å². The third-order valence-corrected chi connectivity index (χ3v) is 9.68. The molecule has 1 aliphatic carbocycles. The molecule has 5 rings (SSSR count). The third-order valence-electron chi connectivity index (χ3n) is 8.35. The van der Waals surface area contributed by atoms with E-state index in [0.29, 0.717) is 24.1 Å². The first-order chi connectivity index (χ1) is 20.7. The van der Waals surface area contributed by atoms with Gasteiger partial charge in [-0.1, -0.05) is 44.2 Å². The number of hydrogen-bond acceptors (Lipinski definition) is 7. The second-order valence-electron chi connectivity index (χ2n) is 13.7. The first-order valence-electron chi connectivity index (χ1n) is 15.4. The zero-order chi connectivity index (χ0) is 31.8. The number of nitrogens with zero attached hydrogens (tertiary/aromatic N) is 2. The molecule has 44 heavy (non-hydrogen) atoms. The van der Waals surface area contributed by atoms with Crippen LogP contribution < -0.4 is 14.8 Å². The summed E-state index contributed by atoms with van der Waals surface area (Å²) in [4.78, 5) is 21.7. The number of aromatic nitrogens is 2. The van der Waals surface area contributed by atoms with E-state index in [1.165, 1.54) is 0 Å². The fraction of sp³-hybridized carbons (Fsp3) is 0.500.